The lowest BCUT2D eigenvalue weighted by atomic mass is 9.77. The molecule has 2 rings (SSSR count). The lowest BCUT2D eigenvalue weighted by molar-refractivity contribution is 0.653. The minimum atomic E-state index is -0.0430. The van der Waals surface area contributed by atoms with Crippen molar-refractivity contribution >= 4 is 20.6 Å². The van der Waals surface area contributed by atoms with Crippen LogP contribution in [0.15, 0.2) is 29.9 Å². The number of rotatable bonds is 1. The first-order valence-corrected chi connectivity index (χ1v) is 7.14. The lowest BCUT2D eigenvalue weighted by Crippen LogP contribution is -2.29. The minimum absolute atomic E-state index is 0.0430. The molecule has 0 saturated heterocycles. The predicted octanol–water partition coefficient (Wildman–Crippen LogP) is 3.70. The summed E-state index contributed by atoms with van der Waals surface area (Å²) in [5.74, 6) is 0.196. The van der Waals surface area contributed by atoms with Crippen molar-refractivity contribution in [3.63, 3.8) is 0 Å². The molecule has 0 aliphatic heterocycles. The fourth-order valence-corrected chi connectivity index (χ4v) is 3.04. The van der Waals surface area contributed by atoms with Crippen molar-refractivity contribution < 1.29 is 0 Å². The quantitative estimate of drug-likeness (QED) is 0.606. The molecule has 4 N–H and O–H groups in total. The molecule has 102 valence electrons. The van der Waals surface area contributed by atoms with E-state index in [1.807, 2.05) is 13.0 Å². The van der Waals surface area contributed by atoms with Crippen LogP contribution >= 0.6 is 9.24 Å². The van der Waals surface area contributed by atoms with Gasteiger partial charge in [-0.3, -0.25) is 0 Å². The highest BCUT2D eigenvalue weighted by atomic mass is 31.0. The normalized spacial score (nSPS) is 26.4. The molecule has 0 aromatic heterocycles. The number of hydrogen-bond donors (Lipinski definition) is 2. The van der Waals surface area contributed by atoms with Gasteiger partial charge in [0.05, 0.1) is 0 Å². The summed E-state index contributed by atoms with van der Waals surface area (Å²) in [6.07, 6.45) is 6.44. The number of anilines is 2. The molecule has 0 fully saturated rings. The molecule has 19 heavy (non-hydrogen) atoms. The van der Waals surface area contributed by atoms with E-state index in [1.165, 1.54) is 5.57 Å². The molecule has 0 heterocycles. The van der Waals surface area contributed by atoms with E-state index in [4.69, 9.17) is 11.5 Å². The highest BCUT2D eigenvalue weighted by Gasteiger charge is 2.35. The Labute approximate surface area is 118 Å². The Bertz CT molecular complexity index is 583. The van der Waals surface area contributed by atoms with E-state index in [0.29, 0.717) is 0 Å². The minimum Gasteiger partial charge on any atom is -0.398 e. The molecule has 1 aromatic rings. The van der Waals surface area contributed by atoms with Gasteiger partial charge in [-0.05, 0) is 38.0 Å². The standard InChI is InChI=1S/C16H23N2P/c1-9-8-13(17)14(15(18)11(9)3)12-7-5-6-10(2)16(12,4)19/h5-8,12H,17-19H2,1-4H3. The molecular weight excluding hydrogens is 251 g/mol. The van der Waals surface area contributed by atoms with Crippen LogP contribution in [0, 0.1) is 13.8 Å². The first-order chi connectivity index (χ1) is 8.76. The van der Waals surface area contributed by atoms with Crippen molar-refractivity contribution in [3.8, 4) is 0 Å². The summed E-state index contributed by atoms with van der Waals surface area (Å²) in [4.78, 5) is 0. The van der Waals surface area contributed by atoms with Crippen molar-refractivity contribution in [1.82, 2.24) is 0 Å². The first kappa shape index (κ1) is 14.1. The summed E-state index contributed by atoms with van der Waals surface area (Å²) in [6, 6.07) is 2.03. The van der Waals surface area contributed by atoms with Crippen molar-refractivity contribution in [2.24, 2.45) is 0 Å². The van der Waals surface area contributed by atoms with Gasteiger partial charge in [-0.25, -0.2) is 0 Å². The third kappa shape index (κ3) is 2.19. The Kier molecular flexibility index (Phi) is 3.49. The number of hydrogen-bond acceptors (Lipinski definition) is 2. The summed E-state index contributed by atoms with van der Waals surface area (Å²) in [5.41, 5.74) is 18.9. The van der Waals surface area contributed by atoms with Gasteiger partial charge in [-0.1, -0.05) is 30.7 Å². The molecule has 1 aliphatic carbocycles. The maximum atomic E-state index is 6.34. The largest absolute Gasteiger partial charge is 0.398 e. The lowest BCUT2D eigenvalue weighted by Gasteiger charge is -2.37. The van der Waals surface area contributed by atoms with Crippen molar-refractivity contribution in [1.29, 1.82) is 0 Å². The third-order valence-corrected chi connectivity index (χ3v) is 5.24. The van der Waals surface area contributed by atoms with Crippen LogP contribution in [-0.4, -0.2) is 5.16 Å². The van der Waals surface area contributed by atoms with Gasteiger partial charge < -0.3 is 11.5 Å². The number of aryl methyl sites for hydroxylation is 1. The molecular formula is C16H23N2P. The fourth-order valence-electron chi connectivity index (χ4n) is 2.67. The Balaban J connectivity index is 2.64. The van der Waals surface area contributed by atoms with Crippen LogP contribution in [0.25, 0.3) is 0 Å². The van der Waals surface area contributed by atoms with Gasteiger partial charge >= 0.3 is 0 Å². The average Bonchev–Trinajstić information content (AvgIpc) is 2.32. The van der Waals surface area contributed by atoms with Gasteiger partial charge in [-0.15, -0.1) is 9.24 Å². The molecule has 0 saturated carbocycles. The maximum absolute atomic E-state index is 6.34. The molecule has 2 nitrogen and oxygen atoms in total. The van der Waals surface area contributed by atoms with Crippen molar-refractivity contribution in [2.45, 2.75) is 38.8 Å². The van der Waals surface area contributed by atoms with Gasteiger partial charge in [0.25, 0.3) is 0 Å². The summed E-state index contributed by atoms with van der Waals surface area (Å²) in [5, 5.41) is -0.0430. The van der Waals surface area contributed by atoms with E-state index in [1.54, 1.807) is 0 Å². The van der Waals surface area contributed by atoms with E-state index in [9.17, 15) is 0 Å². The number of benzene rings is 1. The highest BCUT2D eigenvalue weighted by molar-refractivity contribution is 7.19. The molecule has 0 bridgehead atoms. The van der Waals surface area contributed by atoms with Gasteiger partial charge in [-0.2, -0.15) is 0 Å². The van der Waals surface area contributed by atoms with Crippen LogP contribution in [0.2, 0.25) is 0 Å². The molecule has 0 amide bonds. The van der Waals surface area contributed by atoms with Crippen molar-refractivity contribution in [2.75, 3.05) is 11.5 Å². The van der Waals surface area contributed by atoms with E-state index in [0.717, 1.165) is 28.1 Å². The van der Waals surface area contributed by atoms with E-state index in [-0.39, 0.29) is 11.1 Å². The van der Waals surface area contributed by atoms with Crippen LogP contribution in [0.4, 0.5) is 11.4 Å². The fraction of sp³-hybridized carbons (Fsp3) is 0.375. The Morgan fingerprint density at radius 3 is 2.47 bits per heavy atom. The van der Waals surface area contributed by atoms with E-state index >= 15 is 0 Å². The van der Waals surface area contributed by atoms with E-state index in [2.05, 4.69) is 48.2 Å². The van der Waals surface area contributed by atoms with Crippen LogP contribution in [-0.2, 0) is 0 Å². The predicted molar refractivity (Wildman–Crippen MR) is 88.5 cm³/mol. The summed E-state index contributed by atoms with van der Waals surface area (Å²) in [6.45, 7) is 8.47. The van der Waals surface area contributed by atoms with Crippen molar-refractivity contribution in [3.05, 3.63) is 46.6 Å². The zero-order chi connectivity index (χ0) is 14.4. The number of nitrogens with two attached hydrogens (primary N) is 2. The van der Waals surface area contributed by atoms with Crippen LogP contribution in [0.5, 0.6) is 0 Å². The summed E-state index contributed by atoms with van der Waals surface area (Å²) >= 11 is 0. The highest BCUT2D eigenvalue weighted by Crippen LogP contribution is 2.48. The molecule has 3 unspecified atom stereocenters. The third-order valence-electron chi connectivity index (χ3n) is 4.43. The second-order valence-electron chi connectivity index (χ2n) is 5.73. The number of nitrogen functional groups attached to an aromatic ring is 2. The summed E-state index contributed by atoms with van der Waals surface area (Å²) in [7, 11) is 2.96. The maximum Gasteiger partial charge on any atom is 0.0406 e. The number of allylic oxidation sites excluding steroid dienone is 4. The topological polar surface area (TPSA) is 52.0 Å². The second kappa shape index (κ2) is 4.68. The van der Waals surface area contributed by atoms with Gasteiger partial charge in [0.15, 0.2) is 0 Å². The Morgan fingerprint density at radius 2 is 1.84 bits per heavy atom. The Morgan fingerprint density at radius 1 is 1.21 bits per heavy atom. The van der Waals surface area contributed by atoms with Gasteiger partial charge in [0.2, 0.25) is 0 Å². The molecule has 1 aromatic carbocycles. The van der Waals surface area contributed by atoms with Crippen LogP contribution in [0.1, 0.15) is 36.5 Å². The monoisotopic (exact) mass is 274 g/mol. The zero-order valence-electron chi connectivity index (χ0n) is 12.1. The van der Waals surface area contributed by atoms with Crippen LogP contribution in [0.3, 0.4) is 0 Å². The molecule has 1 aliphatic rings. The average molecular weight is 274 g/mol. The Hall–Kier alpha value is -1.27. The van der Waals surface area contributed by atoms with Crippen LogP contribution < -0.4 is 11.5 Å². The molecule has 3 atom stereocenters. The zero-order valence-corrected chi connectivity index (χ0v) is 13.3. The SMILES string of the molecule is CC1=CC=CC(c2c(N)cc(C)c(C)c2N)C1(C)P. The smallest absolute Gasteiger partial charge is 0.0406 e. The van der Waals surface area contributed by atoms with E-state index < -0.39 is 0 Å². The molecule has 0 spiro atoms. The molecule has 3 heteroatoms. The molecule has 0 radical (unpaired) electrons. The second-order valence-corrected chi connectivity index (χ2v) is 6.93. The van der Waals surface area contributed by atoms with Gasteiger partial charge in [0.1, 0.15) is 0 Å². The summed E-state index contributed by atoms with van der Waals surface area (Å²) < 4.78 is 0. The van der Waals surface area contributed by atoms with Gasteiger partial charge in [0, 0.05) is 28.0 Å². The first-order valence-electron chi connectivity index (χ1n) is 6.56.